The molecule has 25 heavy (non-hydrogen) atoms. The quantitative estimate of drug-likeness (QED) is 0.869. The minimum Gasteiger partial charge on any atom is -0.289 e. The van der Waals surface area contributed by atoms with E-state index in [0.29, 0.717) is 18.9 Å². The van der Waals surface area contributed by atoms with E-state index in [4.69, 9.17) is 0 Å². The van der Waals surface area contributed by atoms with E-state index in [1.807, 2.05) is 0 Å². The number of halogens is 3. The first kappa shape index (κ1) is 18.8. The van der Waals surface area contributed by atoms with Gasteiger partial charge in [0.1, 0.15) is 0 Å². The standard InChI is InChI=1S/C13H14F3N5O3S/c1-4-21-12(18-19-20-21)17-11(22)8-5-6-9(13(14,15)16)10(7(8)2)25(3,23)24/h5-6H,4H2,1-3H3,(H,17,18,20,22). The lowest BCUT2D eigenvalue weighted by atomic mass is 10.0. The molecular formula is C13H14F3N5O3S. The zero-order valence-corrected chi connectivity index (χ0v) is 14.2. The number of hydrogen-bond donors (Lipinski definition) is 1. The summed E-state index contributed by atoms with van der Waals surface area (Å²) in [5.74, 6) is -0.826. The van der Waals surface area contributed by atoms with Crippen molar-refractivity contribution in [2.75, 3.05) is 11.6 Å². The summed E-state index contributed by atoms with van der Waals surface area (Å²) in [6.07, 6.45) is -4.21. The number of tetrazole rings is 1. The second-order valence-electron chi connectivity index (χ2n) is 5.16. The normalized spacial score (nSPS) is 12.2. The van der Waals surface area contributed by atoms with Crippen molar-refractivity contribution in [3.8, 4) is 0 Å². The largest absolute Gasteiger partial charge is 0.417 e. The number of carbonyl (C=O) groups is 1. The van der Waals surface area contributed by atoms with Crippen molar-refractivity contribution >= 4 is 21.7 Å². The van der Waals surface area contributed by atoms with Crippen molar-refractivity contribution in [1.29, 1.82) is 0 Å². The maximum absolute atomic E-state index is 13.1. The molecule has 0 atom stereocenters. The van der Waals surface area contributed by atoms with Crippen molar-refractivity contribution in [2.24, 2.45) is 0 Å². The zero-order valence-electron chi connectivity index (χ0n) is 13.4. The second-order valence-corrected chi connectivity index (χ2v) is 7.11. The molecule has 2 aromatic rings. The highest BCUT2D eigenvalue weighted by molar-refractivity contribution is 7.90. The summed E-state index contributed by atoms with van der Waals surface area (Å²) in [5.41, 5.74) is -1.84. The Bertz CT molecular complexity index is 921. The molecule has 0 saturated heterocycles. The Morgan fingerprint density at radius 2 is 1.96 bits per heavy atom. The molecule has 8 nitrogen and oxygen atoms in total. The fourth-order valence-electron chi connectivity index (χ4n) is 2.31. The Balaban J connectivity index is 2.55. The molecule has 0 aliphatic heterocycles. The molecule has 136 valence electrons. The Morgan fingerprint density at radius 3 is 2.48 bits per heavy atom. The van der Waals surface area contributed by atoms with Gasteiger partial charge in [0.15, 0.2) is 9.84 Å². The minimum atomic E-state index is -4.87. The van der Waals surface area contributed by atoms with Gasteiger partial charge in [-0.05, 0) is 42.0 Å². The average Bonchev–Trinajstić information content (AvgIpc) is 2.91. The van der Waals surface area contributed by atoms with Crippen LogP contribution in [0.5, 0.6) is 0 Å². The number of benzene rings is 1. The predicted octanol–water partition coefficient (Wildman–Crippen LogP) is 1.68. The molecule has 0 spiro atoms. The monoisotopic (exact) mass is 377 g/mol. The van der Waals surface area contributed by atoms with Gasteiger partial charge in [-0.3, -0.25) is 10.1 Å². The maximum Gasteiger partial charge on any atom is 0.417 e. The molecule has 0 aliphatic rings. The van der Waals surface area contributed by atoms with Crippen molar-refractivity contribution in [2.45, 2.75) is 31.5 Å². The second kappa shape index (κ2) is 6.43. The number of aromatic nitrogens is 4. The fraction of sp³-hybridized carbons (Fsp3) is 0.385. The summed E-state index contributed by atoms with van der Waals surface area (Å²) in [6, 6.07) is 1.49. The van der Waals surface area contributed by atoms with Crippen LogP contribution >= 0.6 is 0 Å². The van der Waals surface area contributed by atoms with Crippen LogP contribution in [-0.2, 0) is 22.6 Å². The molecule has 0 unspecified atom stereocenters. The van der Waals surface area contributed by atoms with E-state index in [1.165, 1.54) is 4.68 Å². The highest BCUT2D eigenvalue weighted by Crippen LogP contribution is 2.36. The van der Waals surface area contributed by atoms with Crippen LogP contribution in [0.4, 0.5) is 19.1 Å². The van der Waals surface area contributed by atoms with E-state index < -0.39 is 32.4 Å². The number of hydrogen-bond acceptors (Lipinski definition) is 6. The van der Waals surface area contributed by atoms with Crippen LogP contribution in [0.15, 0.2) is 17.0 Å². The Labute approximate surface area is 140 Å². The van der Waals surface area contributed by atoms with Gasteiger partial charge in [-0.25, -0.2) is 13.1 Å². The van der Waals surface area contributed by atoms with Gasteiger partial charge in [-0.1, -0.05) is 5.10 Å². The van der Waals surface area contributed by atoms with Crippen LogP contribution in [-0.4, -0.2) is 40.8 Å². The molecule has 1 heterocycles. The first-order valence-corrected chi connectivity index (χ1v) is 8.84. The van der Waals surface area contributed by atoms with Gasteiger partial charge in [0.2, 0.25) is 5.95 Å². The van der Waals surface area contributed by atoms with E-state index >= 15 is 0 Å². The number of alkyl halides is 3. The Kier molecular flexibility index (Phi) is 4.84. The third-order valence-corrected chi connectivity index (χ3v) is 4.65. The molecule has 1 aromatic heterocycles. The van der Waals surface area contributed by atoms with Crippen LogP contribution in [0.25, 0.3) is 0 Å². The highest BCUT2D eigenvalue weighted by Gasteiger charge is 2.38. The lowest BCUT2D eigenvalue weighted by Crippen LogP contribution is -2.21. The van der Waals surface area contributed by atoms with Crippen LogP contribution in [0.2, 0.25) is 0 Å². The Hall–Kier alpha value is -2.50. The van der Waals surface area contributed by atoms with Crippen molar-refractivity contribution < 1.29 is 26.4 Å². The van der Waals surface area contributed by atoms with Gasteiger partial charge in [0.25, 0.3) is 5.91 Å². The van der Waals surface area contributed by atoms with E-state index in [2.05, 4.69) is 20.8 Å². The van der Waals surface area contributed by atoms with Crippen LogP contribution in [0.3, 0.4) is 0 Å². The molecule has 2 rings (SSSR count). The molecule has 1 aromatic carbocycles. The number of rotatable bonds is 4. The van der Waals surface area contributed by atoms with Crippen molar-refractivity contribution in [3.05, 3.63) is 28.8 Å². The first-order chi connectivity index (χ1) is 11.5. The summed E-state index contributed by atoms with van der Waals surface area (Å²) in [5, 5.41) is 12.9. The minimum absolute atomic E-state index is 0.00676. The van der Waals surface area contributed by atoms with Crippen molar-refractivity contribution in [3.63, 3.8) is 0 Å². The summed E-state index contributed by atoms with van der Waals surface area (Å²) in [7, 11) is -4.22. The molecule has 0 fully saturated rings. The third kappa shape index (κ3) is 3.78. The lowest BCUT2D eigenvalue weighted by molar-refractivity contribution is -0.139. The molecule has 12 heteroatoms. The van der Waals surface area contributed by atoms with Crippen LogP contribution in [0.1, 0.15) is 28.4 Å². The highest BCUT2D eigenvalue weighted by atomic mass is 32.2. The predicted molar refractivity (Wildman–Crippen MR) is 80.7 cm³/mol. The van der Waals surface area contributed by atoms with Crippen molar-refractivity contribution in [1.82, 2.24) is 20.2 Å². The molecular weight excluding hydrogens is 363 g/mol. The third-order valence-electron chi connectivity index (χ3n) is 3.38. The van der Waals surface area contributed by atoms with Crippen LogP contribution in [0, 0.1) is 6.92 Å². The number of nitrogens with zero attached hydrogens (tertiary/aromatic N) is 4. The number of aryl methyl sites for hydroxylation is 1. The van der Waals surface area contributed by atoms with Crippen LogP contribution < -0.4 is 5.32 Å². The van der Waals surface area contributed by atoms with E-state index in [0.717, 1.165) is 13.0 Å². The number of anilines is 1. The molecule has 0 bridgehead atoms. The first-order valence-electron chi connectivity index (χ1n) is 6.95. The Morgan fingerprint density at radius 1 is 1.32 bits per heavy atom. The van der Waals surface area contributed by atoms with Gasteiger partial charge in [-0.2, -0.15) is 13.2 Å². The summed E-state index contributed by atoms with van der Waals surface area (Å²) < 4.78 is 64.3. The van der Waals surface area contributed by atoms with Gasteiger partial charge in [0.05, 0.1) is 10.5 Å². The van der Waals surface area contributed by atoms with E-state index in [1.54, 1.807) is 6.92 Å². The van der Waals surface area contributed by atoms with Gasteiger partial charge >= 0.3 is 6.18 Å². The average molecular weight is 377 g/mol. The summed E-state index contributed by atoms with van der Waals surface area (Å²) in [6.45, 7) is 3.21. The molecule has 0 radical (unpaired) electrons. The zero-order chi connectivity index (χ0) is 19.0. The lowest BCUT2D eigenvalue weighted by Gasteiger charge is -2.16. The molecule has 1 N–H and O–H groups in total. The molecule has 0 aliphatic carbocycles. The number of sulfone groups is 1. The number of nitrogens with one attached hydrogen (secondary N) is 1. The molecule has 1 amide bonds. The van der Waals surface area contributed by atoms with E-state index in [9.17, 15) is 26.4 Å². The fourth-order valence-corrected chi connectivity index (χ4v) is 3.56. The van der Waals surface area contributed by atoms with Gasteiger partial charge in [-0.15, -0.1) is 0 Å². The van der Waals surface area contributed by atoms with E-state index in [-0.39, 0.29) is 17.1 Å². The number of carbonyl (C=O) groups excluding carboxylic acids is 1. The SMILES string of the molecule is CCn1nnnc1NC(=O)c1ccc(C(F)(F)F)c(S(C)(=O)=O)c1C. The summed E-state index contributed by atoms with van der Waals surface area (Å²) >= 11 is 0. The van der Waals surface area contributed by atoms with Gasteiger partial charge in [0, 0.05) is 18.4 Å². The van der Waals surface area contributed by atoms with Gasteiger partial charge < -0.3 is 0 Å². The number of amides is 1. The smallest absolute Gasteiger partial charge is 0.289 e. The molecule has 0 saturated carbocycles. The topological polar surface area (TPSA) is 107 Å². The summed E-state index contributed by atoms with van der Waals surface area (Å²) in [4.78, 5) is 11.4. The maximum atomic E-state index is 13.1.